The van der Waals surface area contributed by atoms with Crippen LogP contribution in [0.1, 0.15) is 35.2 Å². The highest BCUT2D eigenvalue weighted by atomic mass is 16.6. The molecule has 1 heterocycles. The average Bonchev–Trinajstić information content (AvgIpc) is 3.33. The molecule has 2 aliphatic rings. The number of nitrogens with one attached hydrogen (secondary N) is 1. The van der Waals surface area contributed by atoms with Gasteiger partial charge in [-0.15, -0.1) is 0 Å². The second-order valence-corrected chi connectivity index (χ2v) is 7.28. The van der Waals surface area contributed by atoms with E-state index in [1.165, 1.54) is 18.2 Å². The lowest BCUT2D eigenvalue weighted by Gasteiger charge is -2.32. The molecular formula is C18H21N3O6. The first-order chi connectivity index (χ1) is 12.7. The average molecular weight is 375 g/mol. The van der Waals surface area contributed by atoms with Crippen molar-refractivity contribution in [3.63, 3.8) is 0 Å². The summed E-state index contributed by atoms with van der Waals surface area (Å²) in [7, 11) is 0. The SMILES string of the molecule is Cc1cc(C(=O)NCC(=O)N2CCC3(CC2)CC3C(=O)O)ccc1[N+](=O)[O-]. The van der Waals surface area contributed by atoms with Gasteiger partial charge in [0.25, 0.3) is 11.6 Å². The van der Waals surface area contributed by atoms with Gasteiger partial charge in [0, 0.05) is 30.3 Å². The van der Waals surface area contributed by atoms with E-state index in [1.54, 1.807) is 11.8 Å². The fraction of sp³-hybridized carbons (Fsp3) is 0.500. The van der Waals surface area contributed by atoms with E-state index < -0.39 is 16.8 Å². The number of amides is 2. The zero-order chi connectivity index (χ0) is 19.8. The zero-order valence-electron chi connectivity index (χ0n) is 14.9. The number of carbonyl (C=O) groups excluding carboxylic acids is 2. The second-order valence-electron chi connectivity index (χ2n) is 7.28. The third-order valence-corrected chi connectivity index (χ3v) is 5.66. The van der Waals surface area contributed by atoms with E-state index in [2.05, 4.69) is 5.32 Å². The van der Waals surface area contributed by atoms with Crippen LogP contribution in [0.5, 0.6) is 0 Å². The normalized spacial score (nSPS) is 20.2. The van der Waals surface area contributed by atoms with Crippen LogP contribution in [-0.4, -0.2) is 52.3 Å². The van der Waals surface area contributed by atoms with Gasteiger partial charge in [0.15, 0.2) is 0 Å². The lowest BCUT2D eigenvalue weighted by molar-refractivity contribution is -0.385. The number of likely N-dealkylation sites (tertiary alicyclic amines) is 1. The van der Waals surface area contributed by atoms with Crippen molar-refractivity contribution in [2.75, 3.05) is 19.6 Å². The number of rotatable bonds is 5. The van der Waals surface area contributed by atoms with Crippen molar-refractivity contribution in [3.8, 4) is 0 Å². The number of carboxylic acid groups (broad SMARTS) is 1. The summed E-state index contributed by atoms with van der Waals surface area (Å²) < 4.78 is 0. The molecule has 0 radical (unpaired) electrons. The number of benzene rings is 1. The third-order valence-electron chi connectivity index (χ3n) is 5.66. The van der Waals surface area contributed by atoms with Crippen LogP contribution >= 0.6 is 0 Å². The fourth-order valence-corrected chi connectivity index (χ4v) is 3.82. The molecule has 1 aromatic rings. The number of nitro benzene ring substituents is 1. The molecule has 0 bridgehead atoms. The number of carboxylic acids is 1. The van der Waals surface area contributed by atoms with Crippen molar-refractivity contribution < 1.29 is 24.4 Å². The maximum atomic E-state index is 12.3. The van der Waals surface area contributed by atoms with E-state index in [0.717, 1.165) is 0 Å². The third kappa shape index (κ3) is 3.76. The van der Waals surface area contributed by atoms with Gasteiger partial charge in [0.05, 0.1) is 17.4 Å². The first-order valence-electron chi connectivity index (χ1n) is 8.77. The van der Waals surface area contributed by atoms with Crippen molar-refractivity contribution in [1.82, 2.24) is 10.2 Å². The number of aryl methyl sites for hydroxylation is 1. The molecule has 0 aromatic heterocycles. The maximum Gasteiger partial charge on any atom is 0.307 e. The van der Waals surface area contributed by atoms with Crippen molar-refractivity contribution in [2.45, 2.75) is 26.2 Å². The summed E-state index contributed by atoms with van der Waals surface area (Å²) in [5.74, 6) is -1.74. The smallest absolute Gasteiger partial charge is 0.307 e. The minimum absolute atomic E-state index is 0.0652. The molecule has 2 amide bonds. The minimum Gasteiger partial charge on any atom is -0.481 e. The monoisotopic (exact) mass is 375 g/mol. The molecule has 1 aliphatic carbocycles. The van der Waals surface area contributed by atoms with Gasteiger partial charge >= 0.3 is 5.97 Å². The Balaban J connectivity index is 1.50. The number of aliphatic carboxylic acids is 1. The molecule has 2 fully saturated rings. The Bertz CT molecular complexity index is 813. The minimum atomic E-state index is -0.763. The highest BCUT2D eigenvalue weighted by Gasteiger charge is 2.59. The van der Waals surface area contributed by atoms with Crippen LogP contribution in [0.4, 0.5) is 5.69 Å². The number of nitrogens with zero attached hydrogens (tertiary/aromatic N) is 2. The molecule has 1 atom stereocenters. The highest BCUT2D eigenvalue weighted by molar-refractivity contribution is 5.96. The van der Waals surface area contributed by atoms with Gasteiger partial charge in [0.1, 0.15) is 0 Å². The summed E-state index contributed by atoms with van der Waals surface area (Å²) in [6.45, 7) is 2.38. The van der Waals surface area contributed by atoms with Crippen LogP contribution < -0.4 is 5.32 Å². The topological polar surface area (TPSA) is 130 Å². The van der Waals surface area contributed by atoms with E-state index >= 15 is 0 Å². The van der Waals surface area contributed by atoms with E-state index in [1.807, 2.05) is 0 Å². The van der Waals surface area contributed by atoms with Gasteiger partial charge < -0.3 is 15.3 Å². The first kappa shape index (κ1) is 18.8. The fourth-order valence-electron chi connectivity index (χ4n) is 3.82. The van der Waals surface area contributed by atoms with Crippen LogP contribution in [-0.2, 0) is 9.59 Å². The Morgan fingerprint density at radius 1 is 1.33 bits per heavy atom. The van der Waals surface area contributed by atoms with Gasteiger partial charge in [0.2, 0.25) is 5.91 Å². The summed E-state index contributed by atoms with van der Waals surface area (Å²) in [5.41, 5.74) is 0.412. The van der Waals surface area contributed by atoms with Crippen LogP contribution in [0.25, 0.3) is 0 Å². The summed E-state index contributed by atoms with van der Waals surface area (Å²) >= 11 is 0. The van der Waals surface area contributed by atoms with E-state index in [4.69, 9.17) is 5.11 Å². The lowest BCUT2D eigenvalue weighted by Crippen LogP contribution is -2.45. The molecule has 27 heavy (non-hydrogen) atoms. The first-order valence-corrected chi connectivity index (χ1v) is 8.77. The van der Waals surface area contributed by atoms with Gasteiger partial charge in [-0.05, 0) is 43.7 Å². The number of carbonyl (C=O) groups is 3. The molecule has 1 saturated carbocycles. The molecule has 9 nitrogen and oxygen atoms in total. The Kier molecular flexibility index (Phi) is 4.86. The van der Waals surface area contributed by atoms with E-state index in [0.29, 0.717) is 37.9 Å². The standard InChI is InChI=1S/C18H21N3O6/c1-11-8-12(2-3-14(11)21(26)27)16(23)19-10-15(22)20-6-4-18(5-7-20)9-13(18)17(24)25/h2-3,8,13H,4-7,9-10H2,1H3,(H,19,23)(H,24,25). The molecule has 1 aromatic carbocycles. The highest BCUT2D eigenvalue weighted by Crippen LogP contribution is 2.59. The zero-order valence-corrected chi connectivity index (χ0v) is 14.9. The summed E-state index contributed by atoms with van der Waals surface area (Å²) in [4.78, 5) is 47.5. The molecule has 144 valence electrons. The maximum absolute atomic E-state index is 12.3. The van der Waals surface area contributed by atoms with Crippen molar-refractivity contribution >= 4 is 23.5 Å². The Morgan fingerprint density at radius 3 is 2.52 bits per heavy atom. The van der Waals surface area contributed by atoms with Gasteiger partial charge in [-0.3, -0.25) is 24.5 Å². The van der Waals surface area contributed by atoms with E-state index in [-0.39, 0.29) is 35.0 Å². The van der Waals surface area contributed by atoms with Crippen LogP contribution in [0, 0.1) is 28.4 Å². The predicted molar refractivity (Wildman–Crippen MR) is 94.2 cm³/mol. The van der Waals surface area contributed by atoms with Crippen molar-refractivity contribution in [1.29, 1.82) is 0 Å². The number of hydrogen-bond acceptors (Lipinski definition) is 5. The van der Waals surface area contributed by atoms with Crippen molar-refractivity contribution in [2.24, 2.45) is 11.3 Å². The number of piperidine rings is 1. The summed E-state index contributed by atoms with van der Waals surface area (Å²) in [5, 5.41) is 22.5. The van der Waals surface area contributed by atoms with Gasteiger partial charge in [-0.2, -0.15) is 0 Å². The lowest BCUT2D eigenvalue weighted by atomic mass is 9.91. The molecule has 2 N–H and O–H groups in total. The molecule has 9 heteroatoms. The summed E-state index contributed by atoms with van der Waals surface area (Å²) in [6.07, 6.45) is 2.02. The van der Waals surface area contributed by atoms with Crippen LogP contribution in [0.3, 0.4) is 0 Å². The van der Waals surface area contributed by atoms with Gasteiger partial charge in [-0.25, -0.2) is 0 Å². The Morgan fingerprint density at radius 2 is 2.00 bits per heavy atom. The summed E-state index contributed by atoms with van der Waals surface area (Å²) in [6, 6.07) is 4.04. The quantitative estimate of drug-likeness (QED) is 0.590. The number of hydrogen-bond donors (Lipinski definition) is 2. The molecule has 1 aliphatic heterocycles. The largest absolute Gasteiger partial charge is 0.481 e. The molecule has 1 unspecified atom stereocenters. The Labute approximate surface area is 155 Å². The molecule has 3 rings (SSSR count). The van der Waals surface area contributed by atoms with Crippen molar-refractivity contribution in [3.05, 3.63) is 39.4 Å². The van der Waals surface area contributed by atoms with Gasteiger partial charge in [-0.1, -0.05) is 0 Å². The molecule has 1 spiro atoms. The number of nitro groups is 1. The molecule has 1 saturated heterocycles. The van der Waals surface area contributed by atoms with Crippen LogP contribution in [0.2, 0.25) is 0 Å². The second kappa shape index (κ2) is 6.98. The predicted octanol–water partition coefficient (Wildman–Crippen LogP) is 1.35. The Hall–Kier alpha value is -2.97. The van der Waals surface area contributed by atoms with E-state index in [9.17, 15) is 24.5 Å². The van der Waals surface area contributed by atoms with Crippen LogP contribution in [0.15, 0.2) is 18.2 Å². The molecular weight excluding hydrogens is 354 g/mol.